The Bertz CT molecular complexity index is 592. The van der Waals surface area contributed by atoms with Crippen molar-refractivity contribution >= 4 is 49.0 Å². The van der Waals surface area contributed by atoms with Gasteiger partial charge in [-0.3, -0.25) is 4.79 Å². The first-order valence-electron chi connectivity index (χ1n) is 5.15. The van der Waals surface area contributed by atoms with Gasteiger partial charge < -0.3 is 5.11 Å². The lowest BCUT2D eigenvalue weighted by Gasteiger charge is -2.07. The maximum Gasteiger partial charge on any atom is 0.179 e. The van der Waals surface area contributed by atoms with E-state index in [0.717, 1.165) is 11.3 Å². The summed E-state index contributed by atoms with van der Waals surface area (Å²) < 4.78 is 1.13. The number of aromatic hydroxyl groups is 1. The molecule has 0 amide bonds. The van der Waals surface area contributed by atoms with E-state index < -0.39 is 0 Å². The molecule has 0 heterocycles. The number of rotatable bonds is 1. The van der Waals surface area contributed by atoms with Gasteiger partial charge >= 0.3 is 0 Å². The lowest BCUT2D eigenvalue weighted by Crippen LogP contribution is -2.04. The molecule has 0 aliphatic heterocycles. The molecule has 1 aromatic rings. The number of carbonyl (C=O) groups excluding carboxylic acids is 1. The topological polar surface area (TPSA) is 49.7 Å². The van der Waals surface area contributed by atoms with Crippen molar-refractivity contribution in [1.82, 2.24) is 0 Å². The van der Waals surface area contributed by atoms with Crippen molar-refractivity contribution in [3.05, 3.63) is 44.9 Å². The molecule has 1 aliphatic rings. The lowest BCUT2D eigenvalue weighted by molar-refractivity contribution is -0.110. The van der Waals surface area contributed by atoms with Crippen molar-refractivity contribution in [2.24, 2.45) is 4.99 Å². The molecule has 0 saturated carbocycles. The molecule has 18 heavy (non-hydrogen) atoms. The standard InChI is InChI=1S/C13H9Br2NO2/c1-7-4-9(17)2-3-12(7)16-8-5-10(14)13(18)11(15)6-8/h2-6,18H,1H3. The molecule has 1 aliphatic carbocycles. The zero-order valence-corrected chi connectivity index (χ0v) is 12.6. The van der Waals surface area contributed by atoms with Crippen LogP contribution in [0.25, 0.3) is 0 Å². The Kier molecular flexibility index (Phi) is 3.82. The van der Waals surface area contributed by atoms with Crippen molar-refractivity contribution in [3.8, 4) is 5.75 Å². The van der Waals surface area contributed by atoms with E-state index >= 15 is 0 Å². The first kappa shape index (κ1) is 13.2. The third kappa shape index (κ3) is 2.79. The van der Waals surface area contributed by atoms with Crippen LogP contribution in [0.15, 0.2) is 49.9 Å². The highest BCUT2D eigenvalue weighted by molar-refractivity contribution is 9.11. The number of benzene rings is 1. The summed E-state index contributed by atoms with van der Waals surface area (Å²) in [4.78, 5) is 15.6. The molecule has 1 N–H and O–H groups in total. The zero-order chi connectivity index (χ0) is 13.3. The zero-order valence-electron chi connectivity index (χ0n) is 9.45. The molecule has 0 atom stereocenters. The number of carbonyl (C=O) groups is 1. The number of phenols is 1. The van der Waals surface area contributed by atoms with E-state index in [1.165, 1.54) is 6.08 Å². The Morgan fingerprint density at radius 2 is 1.78 bits per heavy atom. The van der Waals surface area contributed by atoms with E-state index in [-0.39, 0.29) is 11.5 Å². The molecule has 92 valence electrons. The largest absolute Gasteiger partial charge is 0.506 e. The van der Waals surface area contributed by atoms with Gasteiger partial charge in [-0.15, -0.1) is 0 Å². The predicted molar refractivity (Wildman–Crippen MR) is 78.5 cm³/mol. The van der Waals surface area contributed by atoms with Gasteiger partial charge in [-0.05, 0) is 74.7 Å². The van der Waals surface area contributed by atoms with Crippen LogP contribution in [0.2, 0.25) is 0 Å². The van der Waals surface area contributed by atoms with Crippen LogP contribution in [0.4, 0.5) is 5.69 Å². The van der Waals surface area contributed by atoms with E-state index in [1.54, 1.807) is 24.3 Å². The van der Waals surface area contributed by atoms with Crippen LogP contribution in [0.1, 0.15) is 6.92 Å². The normalized spacial score (nSPS) is 17.2. The fourth-order valence-electron chi connectivity index (χ4n) is 1.51. The summed E-state index contributed by atoms with van der Waals surface area (Å²) in [6.45, 7) is 1.84. The predicted octanol–water partition coefficient (Wildman–Crippen LogP) is 4.07. The van der Waals surface area contributed by atoms with E-state index in [4.69, 9.17) is 0 Å². The molecule has 0 bridgehead atoms. The summed E-state index contributed by atoms with van der Waals surface area (Å²) in [5, 5.41) is 9.61. The van der Waals surface area contributed by atoms with Gasteiger partial charge in [-0.25, -0.2) is 4.99 Å². The molecule has 1 aromatic carbocycles. The van der Waals surface area contributed by atoms with Crippen LogP contribution in [0.3, 0.4) is 0 Å². The van der Waals surface area contributed by atoms with Gasteiger partial charge in [-0.1, -0.05) is 0 Å². The summed E-state index contributed by atoms with van der Waals surface area (Å²) in [6, 6.07) is 3.43. The van der Waals surface area contributed by atoms with Gasteiger partial charge in [-0.2, -0.15) is 0 Å². The summed E-state index contributed by atoms with van der Waals surface area (Å²) in [7, 11) is 0. The van der Waals surface area contributed by atoms with Crippen molar-refractivity contribution in [2.75, 3.05) is 0 Å². The van der Waals surface area contributed by atoms with Crippen LogP contribution < -0.4 is 0 Å². The van der Waals surface area contributed by atoms with Crippen LogP contribution >= 0.6 is 31.9 Å². The molecule has 0 fully saturated rings. The maximum atomic E-state index is 11.2. The molecular formula is C13H9Br2NO2. The molecule has 0 radical (unpaired) electrons. The Labute approximate surface area is 121 Å². The van der Waals surface area contributed by atoms with Gasteiger partial charge in [0.1, 0.15) is 5.75 Å². The highest BCUT2D eigenvalue weighted by atomic mass is 79.9. The Morgan fingerprint density at radius 3 is 2.33 bits per heavy atom. The van der Waals surface area contributed by atoms with Gasteiger partial charge in [0.25, 0.3) is 0 Å². The lowest BCUT2D eigenvalue weighted by atomic mass is 10.0. The molecule has 0 spiro atoms. The van der Waals surface area contributed by atoms with Crippen LogP contribution in [-0.4, -0.2) is 16.6 Å². The van der Waals surface area contributed by atoms with Crippen LogP contribution in [0.5, 0.6) is 5.75 Å². The van der Waals surface area contributed by atoms with Crippen molar-refractivity contribution < 1.29 is 9.90 Å². The van der Waals surface area contributed by atoms with Gasteiger partial charge in [0, 0.05) is 0 Å². The Balaban J connectivity index is 2.43. The third-order valence-corrected chi connectivity index (χ3v) is 3.63. The highest BCUT2D eigenvalue weighted by Gasteiger charge is 2.09. The van der Waals surface area contributed by atoms with Crippen molar-refractivity contribution in [1.29, 1.82) is 0 Å². The minimum absolute atomic E-state index is 0.0282. The minimum atomic E-state index is -0.0282. The first-order valence-corrected chi connectivity index (χ1v) is 6.73. The van der Waals surface area contributed by atoms with Gasteiger partial charge in [0.05, 0.1) is 20.3 Å². The summed E-state index contributed by atoms with van der Waals surface area (Å²) in [5.74, 6) is 0.111. The number of hydrogen-bond donors (Lipinski definition) is 1. The third-order valence-electron chi connectivity index (χ3n) is 2.42. The molecular weight excluding hydrogens is 362 g/mol. The monoisotopic (exact) mass is 369 g/mol. The molecule has 2 rings (SSSR count). The van der Waals surface area contributed by atoms with Crippen molar-refractivity contribution in [3.63, 3.8) is 0 Å². The number of allylic oxidation sites excluding steroid dienone is 4. The SMILES string of the molecule is CC1=CC(=O)C=CC1=Nc1cc(Br)c(O)c(Br)c1. The highest BCUT2D eigenvalue weighted by Crippen LogP contribution is 2.36. The number of hydrogen-bond acceptors (Lipinski definition) is 3. The van der Waals surface area contributed by atoms with Crippen LogP contribution in [0, 0.1) is 0 Å². The number of aliphatic imine (C=N–C) groups is 1. The molecule has 0 aromatic heterocycles. The summed E-state index contributed by atoms with van der Waals surface area (Å²) in [5.41, 5.74) is 2.25. The first-order chi connectivity index (χ1) is 8.47. The van der Waals surface area contributed by atoms with E-state index in [1.807, 2.05) is 6.92 Å². The minimum Gasteiger partial charge on any atom is -0.506 e. The summed E-state index contributed by atoms with van der Waals surface area (Å²) in [6.07, 6.45) is 4.71. The molecule has 5 heteroatoms. The van der Waals surface area contributed by atoms with E-state index in [9.17, 15) is 9.90 Å². The second kappa shape index (κ2) is 5.20. The number of nitrogens with zero attached hydrogens (tertiary/aromatic N) is 1. The number of halogens is 2. The Morgan fingerprint density at radius 1 is 1.17 bits per heavy atom. The maximum absolute atomic E-state index is 11.2. The number of phenolic OH excluding ortho intramolecular Hbond substituents is 1. The van der Waals surface area contributed by atoms with Gasteiger partial charge in [0.2, 0.25) is 0 Å². The van der Waals surface area contributed by atoms with Crippen molar-refractivity contribution in [2.45, 2.75) is 6.92 Å². The smallest absolute Gasteiger partial charge is 0.179 e. The van der Waals surface area contributed by atoms with E-state index in [0.29, 0.717) is 14.6 Å². The average molecular weight is 371 g/mol. The fraction of sp³-hybridized carbons (Fsp3) is 0.0769. The second-order valence-electron chi connectivity index (χ2n) is 3.82. The summed E-state index contributed by atoms with van der Waals surface area (Å²) >= 11 is 6.50. The van der Waals surface area contributed by atoms with E-state index in [2.05, 4.69) is 36.9 Å². The molecule has 3 nitrogen and oxygen atoms in total. The number of ketones is 1. The average Bonchev–Trinajstić information content (AvgIpc) is 2.29. The van der Waals surface area contributed by atoms with Gasteiger partial charge in [0.15, 0.2) is 5.78 Å². The molecule has 0 unspecified atom stereocenters. The Hall–Kier alpha value is -1.20. The fourth-order valence-corrected chi connectivity index (χ4v) is 2.67. The quantitative estimate of drug-likeness (QED) is 0.757. The second-order valence-corrected chi connectivity index (χ2v) is 5.53. The van der Waals surface area contributed by atoms with Crippen LogP contribution in [-0.2, 0) is 4.79 Å². The molecule has 0 saturated heterocycles.